The van der Waals surface area contributed by atoms with Crippen molar-refractivity contribution in [2.45, 2.75) is 20.3 Å². The predicted molar refractivity (Wildman–Crippen MR) is 78.4 cm³/mol. The van der Waals surface area contributed by atoms with Crippen molar-refractivity contribution in [1.82, 2.24) is 0 Å². The Bertz CT molecular complexity index is 594. The summed E-state index contributed by atoms with van der Waals surface area (Å²) in [6, 6.07) is 17.3. The average molecular weight is 326 g/mol. The fourth-order valence-electron chi connectivity index (χ4n) is 2.63. The molecule has 19 heavy (non-hydrogen) atoms. The van der Waals surface area contributed by atoms with Crippen LogP contribution in [0.4, 0.5) is 0 Å². The fraction of sp³-hybridized carbons (Fsp3) is 0.222. The van der Waals surface area contributed by atoms with Crippen LogP contribution in [-0.2, 0) is 32.6 Å². The fourth-order valence-corrected chi connectivity index (χ4v) is 2.63. The van der Waals surface area contributed by atoms with Gasteiger partial charge in [0.05, 0.1) is 0 Å². The van der Waals surface area contributed by atoms with Crippen LogP contribution in [0.15, 0.2) is 54.1 Å². The molecule has 1 heteroatoms. The Morgan fingerprint density at radius 3 is 2.32 bits per heavy atom. The van der Waals surface area contributed by atoms with Gasteiger partial charge in [0.25, 0.3) is 0 Å². The van der Waals surface area contributed by atoms with E-state index in [-0.39, 0.29) is 26.2 Å². The van der Waals surface area contributed by atoms with E-state index in [4.69, 9.17) is 0 Å². The molecule has 0 saturated carbocycles. The van der Waals surface area contributed by atoms with E-state index in [9.17, 15) is 0 Å². The second-order valence-electron chi connectivity index (χ2n) is 5.30. The van der Waals surface area contributed by atoms with Crippen molar-refractivity contribution in [1.29, 1.82) is 0 Å². The first kappa shape index (κ1) is 14.5. The summed E-state index contributed by atoms with van der Waals surface area (Å²) in [5.74, 6) is 0.640. The molecule has 0 atom stereocenters. The quantitative estimate of drug-likeness (QED) is 0.733. The summed E-state index contributed by atoms with van der Waals surface area (Å²) in [5.41, 5.74) is 7.13. The third-order valence-corrected chi connectivity index (χ3v) is 3.75. The van der Waals surface area contributed by atoms with Gasteiger partial charge in [0.15, 0.2) is 0 Å². The Hall–Kier alpha value is -0.937. The molecule has 2 aromatic carbocycles. The summed E-state index contributed by atoms with van der Waals surface area (Å²) in [7, 11) is 0. The SMILES string of the molecule is CC(C)C1=Cc2c(cccc2-c2ccccc2)C1.[Zr]. The van der Waals surface area contributed by atoms with Gasteiger partial charge in [-0.2, -0.15) is 0 Å². The molecule has 0 heterocycles. The maximum Gasteiger partial charge on any atom is 0 e. The zero-order valence-electron chi connectivity index (χ0n) is 11.5. The molecule has 0 radical (unpaired) electrons. The van der Waals surface area contributed by atoms with Gasteiger partial charge in [-0.15, -0.1) is 0 Å². The van der Waals surface area contributed by atoms with Gasteiger partial charge in [-0.1, -0.05) is 74.0 Å². The van der Waals surface area contributed by atoms with Crippen LogP contribution in [0.3, 0.4) is 0 Å². The maximum atomic E-state index is 2.39. The van der Waals surface area contributed by atoms with Crippen LogP contribution in [0.25, 0.3) is 17.2 Å². The van der Waals surface area contributed by atoms with Crippen LogP contribution in [0.5, 0.6) is 0 Å². The monoisotopic (exact) mass is 324 g/mol. The van der Waals surface area contributed by atoms with E-state index in [1.165, 1.54) is 22.3 Å². The zero-order valence-corrected chi connectivity index (χ0v) is 13.9. The van der Waals surface area contributed by atoms with E-state index < -0.39 is 0 Å². The standard InChI is InChI=1S/C18H18.Zr/c1-13(2)16-11-15-9-6-10-17(18(15)12-16)14-7-4-3-5-8-14;/h3-10,12-13H,11H2,1-2H3;. The van der Waals surface area contributed by atoms with Crippen molar-refractivity contribution in [2.75, 3.05) is 0 Å². The third kappa shape index (κ3) is 2.82. The molecule has 0 spiro atoms. The van der Waals surface area contributed by atoms with Crippen LogP contribution in [-0.4, -0.2) is 0 Å². The Morgan fingerprint density at radius 1 is 0.895 bits per heavy atom. The number of rotatable bonds is 2. The first-order valence-corrected chi connectivity index (χ1v) is 6.63. The first-order valence-electron chi connectivity index (χ1n) is 6.63. The maximum absolute atomic E-state index is 2.39. The van der Waals surface area contributed by atoms with E-state index in [0.29, 0.717) is 5.92 Å². The topological polar surface area (TPSA) is 0 Å². The van der Waals surface area contributed by atoms with Gasteiger partial charge in [0, 0.05) is 26.2 Å². The molecule has 94 valence electrons. The van der Waals surface area contributed by atoms with Crippen LogP contribution < -0.4 is 0 Å². The largest absolute Gasteiger partial charge is 0.0626 e. The molecule has 0 N–H and O–H groups in total. The van der Waals surface area contributed by atoms with Crippen LogP contribution in [0, 0.1) is 5.92 Å². The van der Waals surface area contributed by atoms with Crippen molar-refractivity contribution < 1.29 is 26.2 Å². The van der Waals surface area contributed by atoms with Crippen molar-refractivity contribution in [2.24, 2.45) is 5.92 Å². The van der Waals surface area contributed by atoms with Gasteiger partial charge in [-0.3, -0.25) is 0 Å². The number of allylic oxidation sites excluding steroid dienone is 1. The Morgan fingerprint density at radius 2 is 1.63 bits per heavy atom. The van der Waals surface area contributed by atoms with Crippen molar-refractivity contribution in [3.63, 3.8) is 0 Å². The number of hydrogen-bond donors (Lipinski definition) is 0. The Labute approximate surface area is 134 Å². The second kappa shape index (κ2) is 6.01. The van der Waals surface area contributed by atoms with E-state index >= 15 is 0 Å². The van der Waals surface area contributed by atoms with Crippen LogP contribution in [0.2, 0.25) is 0 Å². The van der Waals surface area contributed by atoms with Crippen molar-refractivity contribution in [3.8, 4) is 11.1 Å². The molecular weight excluding hydrogens is 307 g/mol. The first-order chi connectivity index (χ1) is 8.75. The van der Waals surface area contributed by atoms with Gasteiger partial charge in [-0.25, -0.2) is 0 Å². The van der Waals surface area contributed by atoms with E-state index in [2.05, 4.69) is 68.5 Å². The van der Waals surface area contributed by atoms with Gasteiger partial charge < -0.3 is 0 Å². The molecule has 0 fully saturated rings. The summed E-state index contributed by atoms with van der Waals surface area (Å²) < 4.78 is 0. The summed E-state index contributed by atoms with van der Waals surface area (Å²) in [6.45, 7) is 4.56. The minimum Gasteiger partial charge on any atom is -0.0626 e. The zero-order chi connectivity index (χ0) is 12.5. The molecule has 0 nitrogen and oxygen atoms in total. The molecule has 1 aliphatic rings. The van der Waals surface area contributed by atoms with Gasteiger partial charge in [0.2, 0.25) is 0 Å². The summed E-state index contributed by atoms with van der Waals surface area (Å²) in [6.07, 6.45) is 3.51. The van der Waals surface area contributed by atoms with Crippen molar-refractivity contribution in [3.05, 3.63) is 65.2 Å². The number of hydrogen-bond acceptors (Lipinski definition) is 0. The Balaban J connectivity index is 0.00000133. The molecule has 2 aromatic rings. The molecule has 1 aliphatic carbocycles. The molecule has 0 bridgehead atoms. The van der Waals surface area contributed by atoms with Gasteiger partial charge >= 0.3 is 0 Å². The van der Waals surface area contributed by atoms with Gasteiger partial charge in [0.1, 0.15) is 0 Å². The van der Waals surface area contributed by atoms with Crippen LogP contribution in [0.1, 0.15) is 25.0 Å². The molecule has 0 amide bonds. The minimum atomic E-state index is 0. The smallest absolute Gasteiger partial charge is 0 e. The van der Waals surface area contributed by atoms with Crippen LogP contribution >= 0.6 is 0 Å². The molecule has 0 aromatic heterocycles. The molecule has 0 unspecified atom stereocenters. The van der Waals surface area contributed by atoms with E-state index in [0.717, 1.165) is 6.42 Å². The molecule has 0 saturated heterocycles. The summed E-state index contributed by atoms with van der Waals surface area (Å²) >= 11 is 0. The third-order valence-electron chi connectivity index (χ3n) is 3.75. The normalized spacial score (nSPS) is 12.9. The molecular formula is C18H18Zr. The predicted octanol–water partition coefficient (Wildman–Crippen LogP) is 4.95. The average Bonchev–Trinajstić information content (AvgIpc) is 2.83. The van der Waals surface area contributed by atoms with Gasteiger partial charge in [-0.05, 0) is 34.6 Å². The molecule has 3 rings (SSSR count). The minimum absolute atomic E-state index is 0. The summed E-state index contributed by atoms with van der Waals surface area (Å²) in [5, 5.41) is 0. The number of benzene rings is 2. The van der Waals surface area contributed by atoms with Crippen molar-refractivity contribution >= 4 is 6.08 Å². The van der Waals surface area contributed by atoms with E-state index in [1.807, 2.05) is 0 Å². The van der Waals surface area contributed by atoms with E-state index in [1.54, 1.807) is 5.57 Å². The Kier molecular flexibility index (Phi) is 4.58. The second-order valence-corrected chi connectivity index (χ2v) is 5.30. The number of fused-ring (bicyclic) bond motifs is 1. The molecule has 0 aliphatic heterocycles. The summed E-state index contributed by atoms with van der Waals surface area (Å²) in [4.78, 5) is 0.